The summed E-state index contributed by atoms with van der Waals surface area (Å²) in [4.78, 5) is 13.4. The monoisotopic (exact) mass is 373 g/mol. The Labute approximate surface area is 154 Å². The van der Waals surface area contributed by atoms with Crippen LogP contribution in [-0.4, -0.2) is 31.4 Å². The maximum Gasteiger partial charge on any atom is 0.233 e. The van der Waals surface area contributed by atoms with Crippen molar-refractivity contribution in [3.05, 3.63) is 51.7 Å². The first-order valence-corrected chi connectivity index (χ1v) is 9.63. The smallest absolute Gasteiger partial charge is 0.233 e. The molecule has 2 heterocycles. The van der Waals surface area contributed by atoms with E-state index < -0.39 is 0 Å². The predicted molar refractivity (Wildman–Crippen MR) is 100 cm³/mol. The van der Waals surface area contributed by atoms with E-state index in [2.05, 4.69) is 34.7 Å². The second-order valence-corrected chi connectivity index (χ2v) is 8.04. The third kappa shape index (κ3) is 4.26. The van der Waals surface area contributed by atoms with E-state index in [-0.39, 0.29) is 11.2 Å². The summed E-state index contributed by atoms with van der Waals surface area (Å²) >= 11 is 2.97. The number of thiophene rings is 1. The summed E-state index contributed by atoms with van der Waals surface area (Å²) in [5, 5.41) is 17.1. The molecule has 3 aromatic rings. The Bertz CT molecular complexity index is 860. The third-order valence-electron chi connectivity index (χ3n) is 3.84. The number of carbonyl (C=O) groups is 1. The van der Waals surface area contributed by atoms with Crippen LogP contribution in [0.25, 0.3) is 5.69 Å². The molecule has 1 N–H and O–H groups in total. The van der Waals surface area contributed by atoms with E-state index in [1.807, 2.05) is 42.6 Å². The highest BCUT2D eigenvalue weighted by Gasteiger charge is 2.19. The van der Waals surface area contributed by atoms with Gasteiger partial charge in [0.2, 0.25) is 11.1 Å². The van der Waals surface area contributed by atoms with Gasteiger partial charge >= 0.3 is 0 Å². The largest absolute Gasteiger partial charge is 0.350 e. The number of carbonyl (C=O) groups excluding carboxylic acids is 1. The van der Waals surface area contributed by atoms with Crippen LogP contribution in [0.2, 0.25) is 0 Å². The molecule has 0 bridgehead atoms. The molecule has 0 unspecified atom stereocenters. The topological polar surface area (TPSA) is 72.7 Å². The first-order chi connectivity index (χ1) is 12.0. The lowest BCUT2D eigenvalue weighted by Crippen LogP contribution is -2.30. The van der Waals surface area contributed by atoms with Gasteiger partial charge in [-0.15, -0.1) is 16.4 Å². The summed E-state index contributed by atoms with van der Waals surface area (Å²) in [6.45, 7) is 6.52. The number of benzene rings is 1. The van der Waals surface area contributed by atoms with Crippen LogP contribution in [0.5, 0.6) is 0 Å². The molecule has 0 saturated heterocycles. The number of thioether (sulfide) groups is 1. The molecule has 2 aromatic heterocycles. The van der Waals surface area contributed by atoms with E-state index >= 15 is 0 Å². The van der Waals surface area contributed by atoms with Crippen LogP contribution in [0, 0.1) is 13.8 Å². The maximum absolute atomic E-state index is 12.3. The van der Waals surface area contributed by atoms with Gasteiger partial charge in [-0.1, -0.05) is 23.9 Å². The zero-order valence-electron chi connectivity index (χ0n) is 14.3. The van der Waals surface area contributed by atoms with Crippen molar-refractivity contribution in [3.8, 4) is 5.69 Å². The van der Waals surface area contributed by atoms with Gasteiger partial charge in [-0.2, -0.15) is 4.68 Å². The fraction of sp³-hybridized carbons (Fsp3) is 0.294. The Morgan fingerprint density at radius 2 is 2.16 bits per heavy atom. The van der Waals surface area contributed by atoms with Gasteiger partial charge in [0, 0.05) is 4.88 Å². The van der Waals surface area contributed by atoms with Crippen molar-refractivity contribution in [3.63, 3.8) is 0 Å². The standard InChI is InChI=1S/C17H19N5OS2/c1-11-6-7-14(9-12(11)2)22-17(19-20-21-22)25-13(3)16(23)18-10-15-5-4-8-24-15/h4-9,13H,10H2,1-3H3,(H,18,23)/t13-/m0/s1. The summed E-state index contributed by atoms with van der Waals surface area (Å²) in [5.41, 5.74) is 3.28. The molecule has 0 aliphatic rings. The van der Waals surface area contributed by atoms with E-state index in [1.165, 1.54) is 22.9 Å². The highest BCUT2D eigenvalue weighted by molar-refractivity contribution is 8.00. The Kier molecular flexibility index (Phi) is 5.50. The second-order valence-electron chi connectivity index (χ2n) is 5.70. The minimum absolute atomic E-state index is 0.0342. The average Bonchev–Trinajstić information content (AvgIpc) is 3.27. The summed E-state index contributed by atoms with van der Waals surface area (Å²) in [7, 11) is 0. The highest BCUT2D eigenvalue weighted by Crippen LogP contribution is 2.24. The van der Waals surface area contributed by atoms with Crippen LogP contribution in [0.3, 0.4) is 0 Å². The zero-order chi connectivity index (χ0) is 17.8. The van der Waals surface area contributed by atoms with Gasteiger partial charge in [0.05, 0.1) is 17.5 Å². The lowest BCUT2D eigenvalue weighted by Gasteiger charge is -2.11. The quantitative estimate of drug-likeness (QED) is 0.672. The normalized spacial score (nSPS) is 12.1. The lowest BCUT2D eigenvalue weighted by atomic mass is 10.1. The number of hydrogen-bond donors (Lipinski definition) is 1. The fourth-order valence-electron chi connectivity index (χ4n) is 2.21. The summed E-state index contributed by atoms with van der Waals surface area (Å²) in [6.07, 6.45) is 0. The second kappa shape index (κ2) is 7.79. The number of aromatic nitrogens is 4. The van der Waals surface area contributed by atoms with Gasteiger partial charge < -0.3 is 5.32 Å². The number of amides is 1. The first-order valence-electron chi connectivity index (χ1n) is 7.87. The van der Waals surface area contributed by atoms with E-state index in [9.17, 15) is 4.79 Å². The van der Waals surface area contributed by atoms with Gasteiger partial charge in [-0.05, 0) is 65.9 Å². The SMILES string of the molecule is Cc1ccc(-n2nnnc2S[C@@H](C)C(=O)NCc2cccs2)cc1C. The molecule has 0 aliphatic heterocycles. The molecule has 1 amide bonds. The number of nitrogens with one attached hydrogen (secondary N) is 1. The van der Waals surface area contributed by atoms with Crippen molar-refractivity contribution in [1.82, 2.24) is 25.5 Å². The molecule has 1 aromatic carbocycles. The van der Waals surface area contributed by atoms with E-state index in [0.29, 0.717) is 11.7 Å². The van der Waals surface area contributed by atoms with Crippen LogP contribution in [-0.2, 0) is 11.3 Å². The minimum atomic E-state index is -0.295. The molecule has 0 fully saturated rings. The zero-order valence-corrected chi connectivity index (χ0v) is 15.9. The summed E-state index contributed by atoms with van der Waals surface area (Å²) < 4.78 is 1.67. The number of nitrogens with zero attached hydrogens (tertiary/aromatic N) is 4. The van der Waals surface area contributed by atoms with Crippen LogP contribution >= 0.6 is 23.1 Å². The number of tetrazole rings is 1. The molecule has 0 saturated carbocycles. The molecule has 3 rings (SSSR count). The molecule has 6 nitrogen and oxygen atoms in total. The molecule has 25 heavy (non-hydrogen) atoms. The molecule has 8 heteroatoms. The van der Waals surface area contributed by atoms with Gasteiger partial charge in [0.15, 0.2) is 0 Å². The van der Waals surface area contributed by atoms with E-state index in [0.717, 1.165) is 10.6 Å². The van der Waals surface area contributed by atoms with Crippen molar-refractivity contribution in [2.24, 2.45) is 0 Å². The van der Waals surface area contributed by atoms with Crippen molar-refractivity contribution >= 4 is 29.0 Å². The van der Waals surface area contributed by atoms with E-state index in [4.69, 9.17) is 0 Å². The predicted octanol–water partition coefficient (Wildman–Crippen LogP) is 3.14. The molecule has 1 atom stereocenters. The number of rotatable bonds is 6. The number of hydrogen-bond acceptors (Lipinski definition) is 6. The minimum Gasteiger partial charge on any atom is -0.350 e. The third-order valence-corrected chi connectivity index (χ3v) is 5.75. The molecular formula is C17H19N5OS2. The Morgan fingerprint density at radius 3 is 2.88 bits per heavy atom. The molecule has 0 radical (unpaired) electrons. The molecule has 0 aliphatic carbocycles. The van der Waals surface area contributed by atoms with Crippen molar-refractivity contribution in [2.45, 2.75) is 37.7 Å². The van der Waals surface area contributed by atoms with Crippen LogP contribution in [0.15, 0.2) is 40.9 Å². The van der Waals surface area contributed by atoms with E-state index in [1.54, 1.807) is 16.0 Å². The van der Waals surface area contributed by atoms with Crippen molar-refractivity contribution < 1.29 is 4.79 Å². The first kappa shape index (κ1) is 17.6. The number of aryl methyl sites for hydroxylation is 2. The van der Waals surface area contributed by atoms with Crippen LogP contribution < -0.4 is 5.32 Å². The fourth-order valence-corrected chi connectivity index (χ4v) is 3.69. The van der Waals surface area contributed by atoms with Gasteiger partial charge in [-0.3, -0.25) is 4.79 Å². The summed E-state index contributed by atoms with van der Waals surface area (Å²) in [6, 6.07) is 10.0. The lowest BCUT2D eigenvalue weighted by molar-refractivity contribution is -0.120. The van der Waals surface area contributed by atoms with Crippen molar-refractivity contribution in [1.29, 1.82) is 0 Å². The molecule has 0 spiro atoms. The van der Waals surface area contributed by atoms with Crippen LogP contribution in [0.1, 0.15) is 22.9 Å². The van der Waals surface area contributed by atoms with Crippen molar-refractivity contribution in [2.75, 3.05) is 0 Å². The van der Waals surface area contributed by atoms with Gasteiger partial charge in [0.25, 0.3) is 0 Å². The summed E-state index contributed by atoms with van der Waals surface area (Å²) in [5.74, 6) is -0.0342. The van der Waals surface area contributed by atoms with Gasteiger partial charge in [0.1, 0.15) is 0 Å². The Balaban J connectivity index is 1.67. The maximum atomic E-state index is 12.3. The Morgan fingerprint density at radius 1 is 1.32 bits per heavy atom. The van der Waals surface area contributed by atoms with Gasteiger partial charge in [-0.25, -0.2) is 0 Å². The van der Waals surface area contributed by atoms with Crippen LogP contribution in [0.4, 0.5) is 0 Å². The average molecular weight is 374 g/mol. The molecular weight excluding hydrogens is 354 g/mol. The Hall–Kier alpha value is -2.19. The highest BCUT2D eigenvalue weighted by atomic mass is 32.2. The molecule has 130 valence electrons.